The Labute approximate surface area is 136 Å². The second-order valence-corrected chi connectivity index (χ2v) is 6.91. The molecule has 0 unspecified atom stereocenters. The molecule has 4 rings (SSSR count). The first-order valence-electron chi connectivity index (χ1n) is 8.65. The van der Waals surface area contributed by atoms with Gasteiger partial charge in [0.2, 0.25) is 0 Å². The van der Waals surface area contributed by atoms with Gasteiger partial charge in [0.25, 0.3) is 5.91 Å². The van der Waals surface area contributed by atoms with Gasteiger partial charge in [-0.05, 0) is 49.8 Å². The molecule has 3 fully saturated rings. The van der Waals surface area contributed by atoms with Crippen LogP contribution in [-0.4, -0.2) is 49.2 Å². The molecule has 23 heavy (non-hydrogen) atoms. The van der Waals surface area contributed by atoms with Crippen LogP contribution in [0, 0.1) is 11.7 Å². The third kappa shape index (κ3) is 2.94. The topological polar surface area (TPSA) is 32.8 Å². The SMILES string of the molecule is O=C([C@@H]1C[C@@H]2CCN(c3cccc(F)c3)C[C@H]2O1)N1CCCC1. The van der Waals surface area contributed by atoms with Gasteiger partial charge in [0.05, 0.1) is 6.10 Å². The normalized spacial score (nSPS) is 30.6. The lowest BCUT2D eigenvalue weighted by molar-refractivity contribution is -0.141. The molecule has 1 aromatic carbocycles. The molecule has 3 saturated heterocycles. The number of halogens is 1. The molecule has 0 aromatic heterocycles. The zero-order valence-electron chi connectivity index (χ0n) is 13.3. The molecule has 0 N–H and O–H groups in total. The summed E-state index contributed by atoms with van der Waals surface area (Å²) in [5.41, 5.74) is 0.904. The van der Waals surface area contributed by atoms with E-state index in [0.717, 1.165) is 57.5 Å². The molecule has 3 atom stereocenters. The van der Waals surface area contributed by atoms with Crippen molar-refractivity contribution in [3.05, 3.63) is 30.1 Å². The molecular formula is C18H23FN2O2. The number of nitrogens with zero attached hydrogens (tertiary/aromatic N) is 2. The number of likely N-dealkylation sites (tertiary alicyclic amines) is 1. The van der Waals surface area contributed by atoms with Crippen molar-refractivity contribution in [2.45, 2.75) is 37.9 Å². The van der Waals surface area contributed by atoms with Gasteiger partial charge in [0.1, 0.15) is 11.9 Å². The molecule has 3 heterocycles. The van der Waals surface area contributed by atoms with Crippen molar-refractivity contribution < 1.29 is 13.9 Å². The summed E-state index contributed by atoms with van der Waals surface area (Å²) in [6.45, 7) is 3.41. The second kappa shape index (κ2) is 6.11. The van der Waals surface area contributed by atoms with Crippen LogP contribution < -0.4 is 4.90 Å². The molecule has 0 saturated carbocycles. The van der Waals surface area contributed by atoms with Gasteiger partial charge in [-0.15, -0.1) is 0 Å². The van der Waals surface area contributed by atoms with Crippen molar-refractivity contribution in [2.24, 2.45) is 5.92 Å². The van der Waals surface area contributed by atoms with E-state index in [1.165, 1.54) is 6.07 Å². The van der Waals surface area contributed by atoms with E-state index in [4.69, 9.17) is 4.74 Å². The Morgan fingerprint density at radius 1 is 1.22 bits per heavy atom. The van der Waals surface area contributed by atoms with Crippen molar-refractivity contribution in [2.75, 3.05) is 31.1 Å². The lowest BCUT2D eigenvalue weighted by atomic mass is 9.91. The van der Waals surface area contributed by atoms with E-state index in [1.54, 1.807) is 12.1 Å². The summed E-state index contributed by atoms with van der Waals surface area (Å²) in [6.07, 6.45) is 3.89. The molecule has 124 valence electrons. The second-order valence-electron chi connectivity index (χ2n) is 6.91. The Kier molecular flexibility index (Phi) is 3.97. The van der Waals surface area contributed by atoms with Gasteiger partial charge in [-0.25, -0.2) is 4.39 Å². The van der Waals surface area contributed by atoms with Gasteiger partial charge < -0.3 is 14.5 Å². The van der Waals surface area contributed by atoms with E-state index >= 15 is 0 Å². The fourth-order valence-corrected chi connectivity index (χ4v) is 4.14. The van der Waals surface area contributed by atoms with Crippen LogP contribution in [0.3, 0.4) is 0 Å². The number of anilines is 1. The zero-order valence-corrected chi connectivity index (χ0v) is 13.3. The standard InChI is InChI=1S/C18H23FN2O2/c19-14-4-3-5-15(11-14)21-9-6-13-10-16(23-17(13)12-21)18(22)20-7-1-2-8-20/h3-5,11,13,16-17H,1-2,6-10,12H2/t13-,16-,17+/m0/s1. The summed E-state index contributed by atoms with van der Waals surface area (Å²) in [6, 6.07) is 6.71. The smallest absolute Gasteiger partial charge is 0.251 e. The molecule has 3 aliphatic heterocycles. The number of amides is 1. The first-order valence-corrected chi connectivity index (χ1v) is 8.65. The number of piperidine rings is 1. The molecule has 1 amide bonds. The summed E-state index contributed by atoms with van der Waals surface area (Å²) in [7, 11) is 0. The first-order chi connectivity index (χ1) is 11.2. The van der Waals surface area contributed by atoms with Crippen LogP contribution in [0.5, 0.6) is 0 Å². The van der Waals surface area contributed by atoms with Gasteiger partial charge in [0.15, 0.2) is 0 Å². The van der Waals surface area contributed by atoms with Crippen LogP contribution in [0.15, 0.2) is 24.3 Å². The highest BCUT2D eigenvalue weighted by molar-refractivity contribution is 5.81. The van der Waals surface area contributed by atoms with Crippen LogP contribution in [0.4, 0.5) is 10.1 Å². The van der Waals surface area contributed by atoms with Crippen LogP contribution in [0.1, 0.15) is 25.7 Å². The number of hydrogen-bond donors (Lipinski definition) is 0. The maximum atomic E-state index is 13.4. The molecule has 0 radical (unpaired) electrons. The number of rotatable bonds is 2. The fraction of sp³-hybridized carbons (Fsp3) is 0.611. The maximum Gasteiger partial charge on any atom is 0.251 e. The van der Waals surface area contributed by atoms with Crippen molar-refractivity contribution in [3.8, 4) is 0 Å². The third-order valence-corrected chi connectivity index (χ3v) is 5.42. The average Bonchev–Trinajstić information content (AvgIpc) is 3.23. The van der Waals surface area contributed by atoms with Crippen LogP contribution >= 0.6 is 0 Å². The first kappa shape index (κ1) is 14.9. The van der Waals surface area contributed by atoms with Gasteiger partial charge >= 0.3 is 0 Å². The van der Waals surface area contributed by atoms with E-state index in [-0.39, 0.29) is 23.9 Å². The summed E-state index contributed by atoms with van der Waals surface area (Å²) in [5, 5.41) is 0. The van der Waals surface area contributed by atoms with Crippen LogP contribution in [0.2, 0.25) is 0 Å². The lowest BCUT2D eigenvalue weighted by Crippen LogP contribution is -2.42. The lowest BCUT2D eigenvalue weighted by Gasteiger charge is -2.35. The van der Waals surface area contributed by atoms with E-state index in [1.807, 2.05) is 11.0 Å². The minimum absolute atomic E-state index is 0.0866. The van der Waals surface area contributed by atoms with Crippen molar-refractivity contribution in [1.29, 1.82) is 0 Å². The number of benzene rings is 1. The molecule has 1 aromatic rings. The Hall–Kier alpha value is -1.62. The molecule has 3 aliphatic rings. The Morgan fingerprint density at radius 3 is 2.83 bits per heavy atom. The summed E-state index contributed by atoms with van der Waals surface area (Å²) >= 11 is 0. The predicted octanol–water partition coefficient (Wildman–Crippen LogP) is 2.43. The average molecular weight is 318 g/mol. The molecular weight excluding hydrogens is 295 g/mol. The largest absolute Gasteiger partial charge is 0.369 e. The third-order valence-electron chi connectivity index (χ3n) is 5.42. The number of carbonyl (C=O) groups excluding carboxylic acids is 1. The van der Waals surface area contributed by atoms with Crippen LogP contribution in [-0.2, 0) is 9.53 Å². The molecule has 0 bridgehead atoms. The van der Waals surface area contributed by atoms with E-state index in [9.17, 15) is 9.18 Å². The minimum atomic E-state index is -0.268. The van der Waals surface area contributed by atoms with Crippen molar-refractivity contribution in [1.82, 2.24) is 4.90 Å². The highest BCUT2D eigenvalue weighted by Gasteiger charge is 2.43. The van der Waals surface area contributed by atoms with Crippen molar-refractivity contribution >= 4 is 11.6 Å². The number of carbonyl (C=O) groups is 1. The minimum Gasteiger partial charge on any atom is -0.369 e. The zero-order chi connectivity index (χ0) is 15.8. The summed E-state index contributed by atoms with van der Waals surface area (Å²) < 4.78 is 19.5. The maximum absolute atomic E-state index is 13.4. The highest BCUT2D eigenvalue weighted by Crippen LogP contribution is 2.36. The van der Waals surface area contributed by atoms with Gasteiger partial charge in [0, 0.05) is 31.9 Å². The van der Waals surface area contributed by atoms with Gasteiger partial charge in [-0.3, -0.25) is 4.79 Å². The monoisotopic (exact) mass is 318 g/mol. The van der Waals surface area contributed by atoms with E-state index in [0.29, 0.717) is 5.92 Å². The number of fused-ring (bicyclic) bond motifs is 1. The Balaban J connectivity index is 1.41. The van der Waals surface area contributed by atoms with Gasteiger partial charge in [-0.1, -0.05) is 6.07 Å². The predicted molar refractivity (Wildman–Crippen MR) is 85.8 cm³/mol. The molecule has 5 heteroatoms. The highest BCUT2D eigenvalue weighted by atomic mass is 19.1. The van der Waals surface area contributed by atoms with Gasteiger partial charge in [-0.2, -0.15) is 0 Å². The quantitative estimate of drug-likeness (QED) is 0.839. The number of hydrogen-bond acceptors (Lipinski definition) is 3. The van der Waals surface area contributed by atoms with Crippen LogP contribution in [0.25, 0.3) is 0 Å². The van der Waals surface area contributed by atoms with E-state index in [2.05, 4.69) is 4.90 Å². The molecule has 0 spiro atoms. The molecule has 4 nitrogen and oxygen atoms in total. The fourth-order valence-electron chi connectivity index (χ4n) is 4.14. The van der Waals surface area contributed by atoms with E-state index < -0.39 is 0 Å². The summed E-state index contributed by atoms with van der Waals surface area (Å²) in [4.78, 5) is 16.6. The Morgan fingerprint density at radius 2 is 2.04 bits per heavy atom. The number of ether oxygens (including phenoxy) is 1. The summed E-state index contributed by atoms with van der Waals surface area (Å²) in [5.74, 6) is 0.421. The molecule has 0 aliphatic carbocycles. The Bertz CT molecular complexity index is 588. The van der Waals surface area contributed by atoms with Crippen molar-refractivity contribution in [3.63, 3.8) is 0 Å².